The first kappa shape index (κ1) is 19.6. The number of hydrogen-bond donors (Lipinski definition) is 0. The van der Waals surface area contributed by atoms with Crippen LogP contribution in [0.25, 0.3) is 5.57 Å². The molecule has 0 bridgehead atoms. The second-order valence-corrected chi connectivity index (χ2v) is 7.63. The fraction of sp³-hybridized carbons (Fsp3) is 0.385. The first-order valence-corrected chi connectivity index (χ1v) is 10.3. The van der Waals surface area contributed by atoms with Gasteiger partial charge < -0.3 is 4.74 Å². The maximum atomic E-state index is 5.95. The standard InChI is InChI=1S/C26H32O/c1-4-5-6-19-27-26-17-15-25(16-18-26)24-13-11-23(12-14-24)22-9-7-21(8-10-22)20(2)3/h7-11,13-17,23,26H,2,4-6,12,18-19H2,1,3H3/t23-,26?/m0/s1. The molecule has 0 saturated heterocycles. The SMILES string of the molecule is C=C(C)c1ccc([C@H]2C=CC(C3=CCC(OCCCCC)C=C3)=CC2)cc1. The molecule has 27 heavy (non-hydrogen) atoms. The van der Waals surface area contributed by atoms with E-state index in [4.69, 9.17) is 4.74 Å². The number of rotatable bonds is 8. The molecule has 1 aromatic rings. The lowest BCUT2D eigenvalue weighted by Crippen LogP contribution is -2.13. The fourth-order valence-electron chi connectivity index (χ4n) is 3.62. The number of benzene rings is 1. The van der Waals surface area contributed by atoms with Gasteiger partial charge >= 0.3 is 0 Å². The quantitative estimate of drug-likeness (QED) is 0.447. The highest BCUT2D eigenvalue weighted by molar-refractivity contribution is 5.61. The Labute approximate surface area is 164 Å². The van der Waals surface area contributed by atoms with Gasteiger partial charge in [0.25, 0.3) is 0 Å². The van der Waals surface area contributed by atoms with Crippen LogP contribution in [0, 0.1) is 0 Å². The third-order valence-electron chi connectivity index (χ3n) is 5.41. The summed E-state index contributed by atoms with van der Waals surface area (Å²) in [7, 11) is 0. The largest absolute Gasteiger partial charge is 0.374 e. The Morgan fingerprint density at radius 1 is 1.00 bits per heavy atom. The molecular weight excluding hydrogens is 328 g/mol. The third-order valence-corrected chi connectivity index (χ3v) is 5.41. The Hall–Kier alpha value is -2.12. The summed E-state index contributed by atoms with van der Waals surface area (Å²) in [6, 6.07) is 8.83. The summed E-state index contributed by atoms with van der Waals surface area (Å²) in [5.41, 5.74) is 6.38. The lowest BCUT2D eigenvalue weighted by atomic mass is 9.86. The highest BCUT2D eigenvalue weighted by Crippen LogP contribution is 2.31. The molecule has 0 fully saturated rings. The molecule has 3 rings (SSSR count). The molecule has 0 saturated carbocycles. The predicted octanol–water partition coefficient (Wildman–Crippen LogP) is 7.15. The Morgan fingerprint density at radius 3 is 2.26 bits per heavy atom. The van der Waals surface area contributed by atoms with Crippen LogP contribution in [0.4, 0.5) is 0 Å². The van der Waals surface area contributed by atoms with Crippen LogP contribution in [0.5, 0.6) is 0 Å². The van der Waals surface area contributed by atoms with Crippen LogP contribution in [0.1, 0.15) is 63.0 Å². The van der Waals surface area contributed by atoms with Crippen LogP contribution in [0.15, 0.2) is 78.4 Å². The number of hydrogen-bond acceptors (Lipinski definition) is 1. The van der Waals surface area contributed by atoms with Gasteiger partial charge in [-0.1, -0.05) is 92.6 Å². The molecule has 0 amide bonds. The van der Waals surface area contributed by atoms with Crippen LogP contribution in [-0.4, -0.2) is 12.7 Å². The Kier molecular flexibility index (Phi) is 7.06. The topological polar surface area (TPSA) is 9.23 Å². The monoisotopic (exact) mass is 360 g/mol. The van der Waals surface area contributed by atoms with Gasteiger partial charge in [0, 0.05) is 12.5 Å². The summed E-state index contributed by atoms with van der Waals surface area (Å²) in [4.78, 5) is 0. The van der Waals surface area contributed by atoms with E-state index in [2.05, 4.69) is 81.1 Å². The average Bonchev–Trinajstić information content (AvgIpc) is 2.72. The minimum atomic E-state index is 0.248. The average molecular weight is 361 g/mol. The van der Waals surface area contributed by atoms with Crippen molar-refractivity contribution < 1.29 is 4.74 Å². The zero-order chi connectivity index (χ0) is 19.1. The maximum absolute atomic E-state index is 5.95. The molecule has 142 valence electrons. The van der Waals surface area contributed by atoms with Crippen molar-refractivity contribution in [1.82, 2.24) is 0 Å². The van der Waals surface area contributed by atoms with E-state index in [9.17, 15) is 0 Å². The van der Waals surface area contributed by atoms with Crippen molar-refractivity contribution in [1.29, 1.82) is 0 Å². The fourth-order valence-corrected chi connectivity index (χ4v) is 3.62. The van der Waals surface area contributed by atoms with E-state index in [1.165, 1.54) is 41.5 Å². The predicted molar refractivity (Wildman–Crippen MR) is 117 cm³/mol. The van der Waals surface area contributed by atoms with E-state index in [1.807, 2.05) is 0 Å². The normalized spacial score (nSPS) is 21.7. The molecule has 1 heteroatoms. The number of ether oxygens (including phenoxy) is 1. The van der Waals surface area contributed by atoms with Crippen LogP contribution in [0.2, 0.25) is 0 Å². The van der Waals surface area contributed by atoms with Crippen molar-refractivity contribution >= 4 is 5.57 Å². The minimum absolute atomic E-state index is 0.248. The van der Waals surface area contributed by atoms with Crippen LogP contribution in [-0.2, 0) is 4.74 Å². The molecule has 2 aliphatic carbocycles. The summed E-state index contributed by atoms with van der Waals surface area (Å²) in [6.45, 7) is 9.17. The summed E-state index contributed by atoms with van der Waals surface area (Å²) >= 11 is 0. The van der Waals surface area contributed by atoms with Crippen molar-refractivity contribution in [2.24, 2.45) is 0 Å². The molecule has 2 aliphatic rings. The molecule has 0 heterocycles. The summed E-state index contributed by atoms with van der Waals surface area (Å²) in [6.07, 6.45) is 19.7. The van der Waals surface area contributed by atoms with E-state index in [0.29, 0.717) is 5.92 Å². The zero-order valence-electron chi connectivity index (χ0n) is 16.8. The van der Waals surface area contributed by atoms with Gasteiger partial charge in [-0.15, -0.1) is 0 Å². The van der Waals surface area contributed by atoms with Gasteiger partial charge in [0.1, 0.15) is 0 Å². The van der Waals surface area contributed by atoms with E-state index < -0.39 is 0 Å². The molecule has 2 atom stereocenters. The molecule has 1 unspecified atom stereocenters. The molecule has 1 nitrogen and oxygen atoms in total. The van der Waals surface area contributed by atoms with Crippen LogP contribution >= 0.6 is 0 Å². The van der Waals surface area contributed by atoms with Crippen LogP contribution in [0.3, 0.4) is 0 Å². The van der Waals surface area contributed by atoms with Gasteiger partial charge in [0.15, 0.2) is 0 Å². The second kappa shape index (κ2) is 9.71. The second-order valence-electron chi connectivity index (χ2n) is 7.63. The number of allylic oxidation sites excluding steroid dienone is 7. The van der Waals surface area contributed by atoms with E-state index in [0.717, 1.165) is 25.0 Å². The van der Waals surface area contributed by atoms with Gasteiger partial charge in [0.05, 0.1) is 6.10 Å². The lowest BCUT2D eigenvalue weighted by Gasteiger charge is -2.21. The summed E-state index contributed by atoms with van der Waals surface area (Å²) < 4.78 is 5.95. The van der Waals surface area contributed by atoms with E-state index >= 15 is 0 Å². The van der Waals surface area contributed by atoms with Crippen molar-refractivity contribution in [3.8, 4) is 0 Å². The molecule has 0 radical (unpaired) electrons. The van der Waals surface area contributed by atoms with Gasteiger partial charge in [0.2, 0.25) is 0 Å². The first-order valence-electron chi connectivity index (χ1n) is 10.3. The molecule has 0 aliphatic heterocycles. The van der Waals surface area contributed by atoms with Gasteiger partial charge in [-0.05, 0) is 48.5 Å². The molecule has 0 N–H and O–H groups in total. The van der Waals surface area contributed by atoms with Crippen molar-refractivity contribution in [3.63, 3.8) is 0 Å². The molecule has 1 aromatic carbocycles. The summed E-state index contributed by atoms with van der Waals surface area (Å²) in [5, 5.41) is 0. The third kappa shape index (κ3) is 5.43. The Morgan fingerprint density at radius 2 is 1.70 bits per heavy atom. The molecule has 0 spiro atoms. The Balaban J connectivity index is 1.52. The highest BCUT2D eigenvalue weighted by Gasteiger charge is 2.15. The lowest BCUT2D eigenvalue weighted by molar-refractivity contribution is 0.0832. The number of unbranched alkanes of at least 4 members (excludes halogenated alkanes) is 2. The van der Waals surface area contributed by atoms with E-state index in [-0.39, 0.29) is 6.10 Å². The van der Waals surface area contributed by atoms with Crippen LogP contribution < -0.4 is 0 Å². The first-order chi connectivity index (χ1) is 13.2. The van der Waals surface area contributed by atoms with Gasteiger partial charge in [-0.3, -0.25) is 0 Å². The smallest absolute Gasteiger partial charge is 0.0793 e. The van der Waals surface area contributed by atoms with Crippen molar-refractivity contribution in [2.75, 3.05) is 6.61 Å². The van der Waals surface area contributed by atoms with Crippen molar-refractivity contribution in [2.45, 2.75) is 58.0 Å². The Bertz CT molecular complexity index is 758. The van der Waals surface area contributed by atoms with Gasteiger partial charge in [-0.25, -0.2) is 0 Å². The van der Waals surface area contributed by atoms with Crippen molar-refractivity contribution in [3.05, 3.63) is 89.6 Å². The zero-order valence-corrected chi connectivity index (χ0v) is 16.8. The van der Waals surface area contributed by atoms with E-state index in [1.54, 1.807) is 0 Å². The molecular formula is C26H32O. The maximum Gasteiger partial charge on any atom is 0.0793 e. The minimum Gasteiger partial charge on any atom is -0.374 e. The van der Waals surface area contributed by atoms with Gasteiger partial charge in [-0.2, -0.15) is 0 Å². The molecule has 0 aromatic heterocycles. The highest BCUT2D eigenvalue weighted by atomic mass is 16.5. The summed E-state index contributed by atoms with van der Waals surface area (Å²) in [5.74, 6) is 0.468.